The Balaban J connectivity index is 1.54. The highest BCUT2D eigenvalue weighted by Gasteiger charge is 2.23. The van der Waals surface area contributed by atoms with E-state index in [4.69, 9.17) is 4.74 Å². The second-order valence-corrected chi connectivity index (χ2v) is 8.51. The van der Waals surface area contributed by atoms with Crippen molar-refractivity contribution in [1.29, 1.82) is 0 Å². The lowest BCUT2D eigenvalue weighted by atomic mass is 9.86. The first kappa shape index (κ1) is 20.9. The number of piperazine rings is 1. The van der Waals surface area contributed by atoms with E-state index in [0.29, 0.717) is 13.1 Å². The Morgan fingerprint density at radius 3 is 2.14 bits per heavy atom. The van der Waals surface area contributed by atoms with E-state index in [9.17, 15) is 9.59 Å². The van der Waals surface area contributed by atoms with E-state index in [1.54, 1.807) is 6.92 Å². The number of ketones is 1. The van der Waals surface area contributed by atoms with Crippen molar-refractivity contribution in [3.8, 4) is 5.75 Å². The largest absolute Gasteiger partial charge is 0.483 e. The van der Waals surface area contributed by atoms with Crippen molar-refractivity contribution in [1.82, 2.24) is 4.90 Å². The maximum atomic E-state index is 12.6. The lowest BCUT2D eigenvalue weighted by molar-refractivity contribution is -0.133. The number of benzene rings is 2. The van der Waals surface area contributed by atoms with Gasteiger partial charge in [-0.25, -0.2) is 0 Å². The van der Waals surface area contributed by atoms with Crippen LogP contribution in [0.2, 0.25) is 0 Å². The first-order chi connectivity index (χ1) is 13.8. The molecule has 29 heavy (non-hydrogen) atoms. The van der Waals surface area contributed by atoms with Crippen LogP contribution in [0.15, 0.2) is 48.5 Å². The molecular weight excluding hydrogens is 364 g/mol. The van der Waals surface area contributed by atoms with E-state index < -0.39 is 0 Å². The predicted molar refractivity (Wildman–Crippen MR) is 116 cm³/mol. The van der Waals surface area contributed by atoms with Gasteiger partial charge in [0.25, 0.3) is 5.91 Å². The normalized spacial score (nSPS) is 14.6. The van der Waals surface area contributed by atoms with Gasteiger partial charge >= 0.3 is 0 Å². The molecule has 1 aliphatic rings. The van der Waals surface area contributed by atoms with Crippen LogP contribution < -0.4 is 9.64 Å². The minimum atomic E-state index is -0.0385. The maximum Gasteiger partial charge on any atom is 0.260 e. The molecule has 0 unspecified atom stereocenters. The van der Waals surface area contributed by atoms with Crippen molar-refractivity contribution in [2.75, 3.05) is 37.7 Å². The van der Waals surface area contributed by atoms with Crippen molar-refractivity contribution in [2.24, 2.45) is 0 Å². The number of ether oxygens (including phenoxy) is 1. The molecule has 5 heteroatoms. The second kappa shape index (κ2) is 8.68. The van der Waals surface area contributed by atoms with Gasteiger partial charge in [-0.15, -0.1) is 0 Å². The third-order valence-corrected chi connectivity index (χ3v) is 5.32. The molecule has 1 saturated heterocycles. The Bertz CT molecular complexity index is 860. The van der Waals surface area contributed by atoms with Crippen molar-refractivity contribution in [2.45, 2.75) is 33.1 Å². The highest BCUT2D eigenvalue weighted by atomic mass is 16.5. The molecular formula is C24H30N2O3. The van der Waals surface area contributed by atoms with Gasteiger partial charge in [-0.1, -0.05) is 39.0 Å². The smallest absolute Gasteiger partial charge is 0.260 e. The standard InChI is InChI=1S/C24H30N2O3/c1-18(27)19-9-11-20(12-10-19)25-13-15-26(16-14-25)23(28)17-29-22-8-6-5-7-21(22)24(2,3)4/h5-12H,13-17H2,1-4H3. The van der Waals surface area contributed by atoms with Crippen LogP contribution in [0.5, 0.6) is 5.75 Å². The van der Waals surface area contributed by atoms with E-state index in [2.05, 4.69) is 31.7 Å². The van der Waals surface area contributed by atoms with Crippen LogP contribution in [0, 0.1) is 0 Å². The van der Waals surface area contributed by atoms with E-state index in [1.807, 2.05) is 47.4 Å². The van der Waals surface area contributed by atoms with Gasteiger partial charge in [-0.05, 0) is 48.2 Å². The molecule has 1 aliphatic heterocycles. The third kappa shape index (κ3) is 5.17. The van der Waals surface area contributed by atoms with Crippen LogP contribution in [0.25, 0.3) is 0 Å². The molecule has 0 atom stereocenters. The number of carbonyl (C=O) groups is 2. The number of nitrogens with zero attached hydrogens (tertiary/aromatic N) is 2. The molecule has 0 aromatic heterocycles. The molecule has 1 amide bonds. The molecule has 0 N–H and O–H groups in total. The summed E-state index contributed by atoms with van der Waals surface area (Å²) in [5.74, 6) is 0.859. The molecule has 0 bridgehead atoms. The quantitative estimate of drug-likeness (QED) is 0.722. The summed E-state index contributed by atoms with van der Waals surface area (Å²) in [5, 5.41) is 0. The lowest BCUT2D eigenvalue weighted by Crippen LogP contribution is -2.50. The maximum absolute atomic E-state index is 12.6. The van der Waals surface area contributed by atoms with Crippen LogP contribution in [0.1, 0.15) is 43.6 Å². The molecule has 0 saturated carbocycles. The Morgan fingerprint density at radius 1 is 0.931 bits per heavy atom. The minimum absolute atomic E-state index is 0.0142. The zero-order valence-corrected chi connectivity index (χ0v) is 17.8. The lowest BCUT2D eigenvalue weighted by Gasteiger charge is -2.36. The zero-order chi connectivity index (χ0) is 21.0. The fraction of sp³-hybridized carbons (Fsp3) is 0.417. The Morgan fingerprint density at radius 2 is 1.55 bits per heavy atom. The highest BCUT2D eigenvalue weighted by molar-refractivity contribution is 5.94. The number of anilines is 1. The van der Waals surface area contributed by atoms with Crippen LogP contribution in [0.3, 0.4) is 0 Å². The average Bonchev–Trinajstić information content (AvgIpc) is 2.71. The fourth-order valence-corrected chi connectivity index (χ4v) is 3.56. The first-order valence-electron chi connectivity index (χ1n) is 10.1. The molecule has 1 fully saturated rings. The van der Waals surface area contributed by atoms with E-state index in [1.165, 1.54) is 0 Å². The summed E-state index contributed by atoms with van der Waals surface area (Å²) in [6.45, 7) is 10.9. The van der Waals surface area contributed by atoms with E-state index in [0.717, 1.165) is 35.7 Å². The Kier molecular flexibility index (Phi) is 6.26. The Hall–Kier alpha value is -2.82. The van der Waals surface area contributed by atoms with Crippen LogP contribution in [-0.2, 0) is 10.2 Å². The van der Waals surface area contributed by atoms with Gasteiger partial charge in [0.15, 0.2) is 12.4 Å². The van der Waals surface area contributed by atoms with Gasteiger partial charge in [0, 0.05) is 37.4 Å². The highest BCUT2D eigenvalue weighted by Crippen LogP contribution is 2.31. The van der Waals surface area contributed by atoms with Crippen molar-refractivity contribution < 1.29 is 14.3 Å². The summed E-state index contributed by atoms with van der Waals surface area (Å²) < 4.78 is 5.89. The summed E-state index contributed by atoms with van der Waals surface area (Å²) in [7, 11) is 0. The molecule has 1 heterocycles. The number of para-hydroxylation sites is 1. The van der Waals surface area contributed by atoms with Gasteiger partial charge in [0.05, 0.1) is 0 Å². The number of carbonyl (C=O) groups excluding carboxylic acids is 2. The molecule has 2 aromatic rings. The van der Waals surface area contributed by atoms with Gasteiger partial charge < -0.3 is 14.5 Å². The second-order valence-electron chi connectivity index (χ2n) is 8.51. The van der Waals surface area contributed by atoms with Gasteiger partial charge in [0.2, 0.25) is 0 Å². The number of rotatable bonds is 5. The average molecular weight is 395 g/mol. The molecule has 0 spiro atoms. The molecule has 154 valence electrons. The Labute approximate surface area is 173 Å². The van der Waals surface area contributed by atoms with Crippen molar-refractivity contribution in [3.05, 3.63) is 59.7 Å². The summed E-state index contributed by atoms with van der Waals surface area (Å²) in [5.41, 5.74) is 2.86. The minimum Gasteiger partial charge on any atom is -0.483 e. The SMILES string of the molecule is CC(=O)c1ccc(N2CCN(C(=O)COc3ccccc3C(C)(C)C)CC2)cc1. The van der Waals surface area contributed by atoms with E-state index >= 15 is 0 Å². The van der Waals surface area contributed by atoms with Crippen LogP contribution in [-0.4, -0.2) is 49.4 Å². The number of amides is 1. The number of Topliss-reactive ketones (excluding diaryl/α,β-unsaturated/α-hetero) is 1. The summed E-state index contributed by atoms with van der Waals surface area (Å²) in [4.78, 5) is 28.2. The van der Waals surface area contributed by atoms with Crippen LogP contribution in [0.4, 0.5) is 5.69 Å². The first-order valence-corrected chi connectivity index (χ1v) is 10.1. The zero-order valence-electron chi connectivity index (χ0n) is 17.8. The molecule has 5 nitrogen and oxygen atoms in total. The summed E-state index contributed by atoms with van der Waals surface area (Å²) >= 11 is 0. The number of hydrogen-bond acceptors (Lipinski definition) is 4. The monoisotopic (exact) mass is 394 g/mol. The summed E-state index contributed by atoms with van der Waals surface area (Å²) in [6, 6.07) is 15.6. The molecule has 0 radical (unpaired) electrons. The van der Waals surface area contributed by atoms with Gasteiger partial charge in [0.1, 0.15) is 5.75 Å². The predicted octanol–water partition coefficient (Wildman–Crippen LogP) is 3.91. The number of hydrogen-bond donors (Lipinski definition) is 0. The molecule has 0 aliphatic carbocycles. The third-order valence-electron chi connectivity index (χ3n) is 5.32. The molecule has 3 rings (SSSR count). The summed E-state index contributed by atoms with van der Waals surface area (Å²) in [6.07, 6.45) is 0. The van der Waals surface area contributed by atoms with E-state index in [-0.39, 0.29) is 23.7 Å². The van der Waals surface area contributed by atoms with Crippen LogP contribution >= 0.6 is 0 Å². The fourth-order valence-electron chi connectivity index (χ4n) is 3.56. The van der Waals surface area contributed by atoms with Gasteiger partial charge in [-0.3, -0.25) is 9.59 Å². The topological polar surface area (TPSA) is 49.9 Å². The van der Waals surface area contributed by atoms with Crippen molar-refractivity contribution >= 4 is 17.4 Å². The van der Waals surface area contributed by atoms with Gasteiger partial charge in [-0.2, -0.15) is 0 Å². The molecule has 2 aromatic carbocycles. The van der Waals surface area contributed by atoms with Crippen molar-refractivity contribution in [3.63, 3.8) is 0 Å².